The van der Waals surface area contributed by atoms with Crippen LogP contribution >= 0.6 is 11.8 Å². The van der Waals surface area contributed by atoms with E-state index in [-0.39, 0.29) is 10.6 Å². The average Bonchev–Trinajstić information content (AvgIpc) is 2.28. The Bertz CT molecular complexity index is 525. The van der Waals surface area contributed by atoms with Gasteiger partial charge in [0.15, 0.2) is 0 Å². The lowest BCUT2D eigenvalue weighted by Gasteiger charge is -2.23. The monoisotopic (exact) mass is 287 g/mol. The highest BCUT2D eigenvalue weighted by Gasteiger charge is 2.15. The number of nitrogens with one attached hydrogen (secondary N) is 1. The van der Waals surface area contributed by atoms with Crippen molar-refractivity contribution in [3.8, 4) is 0 Å². The predicted molar refractivity (Wildman–Crippen MR) is 76.2 cm³/mol. The fourth-order valence-corrected chi connectivity index (χ4v) is 3.70. The smallest absolute Gasteiger partial charge is 0.240 e. The number of primary sulfonamides is 1. The van der Waals surface area contributed by atoms with Gasteiger partial charge in [-0.3, -0.25) is 0 Å². The highest BCUT2D eigenvalue weighted by molar-refractivity contribution is 7.99. The Labute approximate surface area is 111 Å². The van der Waals surface area contributed by atoms with E-state index in [2.05, 4.69) is 5.32 Å². The van der Waals surface area contributed by atoms with Crippen LogP contribution in [0.15, 0.2) is 23.1 Å². The summed E-state index contributed by atoms with van der Waals surface area (Å²) in [5.41, 5.74) is 6.73. The fourth-order valence-electron chi connectivity index (χ4n) is 1.99. The molecule has 0 spiro atoms. The summed E-state index contributed by atoms with van der Waals surface area (Å²) in [6, 6.07) is 5.20. The summed E-state index contributed by atoms with van der Waals surface area (Å²) in [7, 11) is -3.74. The first-order valence-corrected chi connectivity index (χ1v) is 8.43. The topological polar surface area (TPSA) is 98.2 Å². The number of hydrogen-bond donors (Lipinski definition) is 3. The van der Waals surface area contributed by atoms with Crippen molar-refractivity contribution in [2.24, 2.45) is 5.14 Å². The van der Waals surface area contributed by atoms with Crippen molar-refractivity contribution in [2.75, 3.05) is 22.6 Å². The summed E-state index contributed by atoms with van der Waals surface area (Å²) in [6.07, 6.45) is 2.33. The highest BCUT2D eigenvalue weighted by Crippen LogP contribution is 2.25. The number of rotatable bonds is 3. The molecule has 2 rings (SSSR count). The van der Waals surface area contributed by atoms with E-state index >= 15 is 0 Å². The van der Waals surface area contributed by atoms with E-state index in [1.165, 1.54) is 18.2 Å². The van der Waals surface area contributed by atoms with Gasteiger partial charge in [0.25, 0.3) is 0 Å². The van der Waals surface area contributed by atoms with Crippen molar-refractivity contribution >= 4 is 33.2 Å². The highest BCUT2D eigenvalue weighted by atomic mass is 32.2. The second-order valence-electron chi connectivity index (χ2n) is 4.36. The number of anilines is 2. The lowest BCUT2D eigenvalue weighted by atomic mass is 10.1. The van der Waals surface area contributed by atoms with Crippen LogP contribution in [-0.4, -0.2) is 26.0 Å². The molecule has 0 amide bonds. The van der Waals surface area contributed by atoms with Crippen molar-refractivity contribution in [1.82, 2.24) is 0 Å². The molecule has 1 heterocycles. The van der Waals surface area contributed by atoms with Gasteiger partial charge in [0, 0.05) is 17.5 Å². The normalized spacial score (nSPS) is 20.6. The third-order valence-electron chi connectivity index (χ3n) is 2.85. The average molecular weight is 287 g/mol. The SMILES string of the molecule is Nc1cc(NC2CCCSC2)ccc1S(N)(=O)=O. The van der Waals surface area contributed by atoms with Gasteiger partial charge in [-0.1, -0.05) is 0 Å². The summed E-state index contributed by atoms with van der Waals surface area (Å²) in [5, 5.41) is 8.42. The molecule has 18 heavy (non-hydrogen) atoms. The molecule has 1 unspecified atom stereocenters. The number of thioether (sulfide) groups is 1. The van der Waals surface area contributed by atoms with Gasteiger partial charge in [0.1, 0.15) is 4.90 Å². The summed E-state index contributed by atoms with van der Waals surface area (Å²) in [6.45, 7) is 0. The summed E-state index contributed by atoms with van der Waals surface area (Å²) < 4.78 is 22.5. The molecule has 1 aliphatic heterocycles. The van der Waals surface area contributed by atoms with Crippen LogP contribution < -0.4 is 16.2 Å². The lowest BCUT2D eigenvalue weighted by Crippen LogP contribution is -2.25. The molecule has 0 bridgehead atoms. The molecule has 1 aromatic carbocycles. The van der Waals surface area contributed by atoms with E-state index in [0.29, 0.717) is 6.04 Å². The number of nitrogens with two attached hydrogens (primary N) is 2. The Balaban J connectivity index is 2.13. The molecule has 0 aliphatic carbocycles. The summed E-state index contributed by atoms with van der Waals surface area (Å²) >= 11 is 1.92. The van der Waals surface area contributed by atoms with E-state index in [0.717, 1.165) is 17.9 Å². The number of sulfonamides is 1. The van der Waals surface area contributed by atoms with E-state index < -0.39 is 10.0 Å². The van der Waals surface area contributed by atoms with Crippen LogP contribution in [0.4, 0.5) is 11.4 Å². The van der Waals surface area contributed by atoms with Gasteiger partial charge in [-0.15, -0.1) is 0 Å². The Kier molecular flexibility index (Phi) is 4.04. The number of hydrogen-bond acceptors (Lipinski definition) is 5. The minimum atomic E-state index is -3.74. The third kappa shape index (κ3) is 3.30. The zero-order valence-corrected chi connectivity index (χ0v) is 11.6. The number of nitrogen functional groups attached to an aromatic ring is 1. The van der Waals surface area contributed by atoms with Gasteiger partial charge < -0.3 is 11.1 Å². The van der Waals surface area contributed by atoms with Crippen LogP contribution in [0.2, 0.25) is 0 Å². The molecule has 100 valence electrons. The maximum atomic E-state index is 11.2. The molecule has 0 radical (unpaired) electrons. The van der Waals surface area contributed by atoms with Crippen molar-refractivity contribution in [3.63, 3.8) is 0 Å². The molecule has 5 N–H and O–H groups in total. The maximum Gasteiger partial charge on any atom is 0.240 e. The van der Waals surface area contributed by atoms with Gasteiger partial charge in [-0.25, -0.2) is 13.6 Å². The zero-order valence-electron chi connectivity index (χ0n) is 9.93. The van der Waals surface area contributed by atoms with Crippen molar-refractivity contribution in [2.45, 2.75) is 23.8 Å². The van der Waals surface area contributed by atoms with Crippen molar-refractivity contribution in [1.29, 1.82) is 0 Å². The largest absolute Gasteiger partial charge is 0.398 e. The minimum absolute atomic E-state index is 0.0222. The van der Waals surface area contributed by atoms with E-state index in [4.69, 9.17) is 10.9 Å². The zero-order chi connectivity index (χ0) is 13.2. The van der Waals surface area contributed by atoms with Crippen LogP contribution in [0.25, 0.3) is 0 Å². The van der Waals surface area contributed by atoms with Gasteiger partial charge in [0.2, 0.25) is 10.0 Å². The molecule has 5 nitrogen and oxygen atoms in total. The third-order valence-corrected chi connectivity index (χ3v) is 5.05. The molecule has 0 saturated carbocycles. The van der Waals surface area contributed by atoms with Crippen LogP contribution in [-0.2, 0) is 10.0 Å². The maximum absolute atomic E-state index is 11.2. The molecular formula is C11H17N3O2S2. The Hall–Kier alpha value is -0.920. The Morgan fingerprint density at radius 3 is 2.72 bits per heavy atom. The summed E-state index contributed by atoms with van der Waals surface area (Å²) in [5.74, 6) is 2.28. The van der Waals surface area contributed by atoms with Gasteiger partial charge in [-0.05, 0) is 36.8 Å². The first-order valence-electron chi connectivity index (χ1n) is 5.73. The second kappa shape index (κ2) is 5.38. The van der Waals surface area contributed by atoms with Gasteiger partial charge in [0.05, 0.1) is 5.69 Å². The van der Waals surface area contributed by atoms with Crippen molar-refractivity contribution < 1.29 is 8.42 Å². The Morgan fingerprint density at radius 1 is 1.39 bits per heavy atom. The fraction of sp³-hybridized carbons (Fsp3) is 0.455. The molecule has 1 aromatic rings. The van der Waals surface area contributed by atoms with Crippen LogP contribution in [0.3, 0.4) is 0 Å². The van der Waals surface area contributed by atoms with E-state index in [1.54, 1.807) is 12.1 Å². The van der Waals surface area contributed by atoms with Crippen LogP contribution in [0, 0.1) is 0 Å². The van der Waals surface area contributed by atoms with Crippen molar-refractivity contribution in [3.05, 3.63) is 18.2 Å². The first-order chi connectivity index (χ1) is 8.47. The number of benzene rings is 1. The molecule has 7 heteroatoms. The van der Waals surface area contributed by atoms with E-state index in [9.17, 15) is 8.42 Å². The molecule has 1 aliphatic rings. The van der Waals surface area contributed by atoms with Gasteiger partial charge in [-0.2, -0.15) is 11.8 Å². The molecule has 1 fully saturated rings. The first kappa shape index (κ1) is 13.5. The minimum Gasteiger partial charge on any atom is -0.398 e. The molecule has 1 saturated heterocycles. The van der Waals surface area contributed by atoms with E-state index in [1.807, 2.05) is 11.8 Å². The summed E-state index contributed by atoms with van der Waals surface area (Å²) in [4.78, 5) is -0.0222. The standard InChI is InChI=1S/C11H17N3O2S2/c12-10-6-8(3-4-11(10)18(13,15)16)14-9-2-1-5-17-7-9/h3-4,6,9,14H,1-2,5,7,12H2,(H2,13,15,16). The Morgan fingerprint density at radius 2 is 2.17 bits per heavy atom. The second-order valence-corrected chi connectivity index (χ2v) is 7.04. The van der Waals surface area contributed by atoms with Crippen LogP contribution in [0.1, 0.15) is 12.8 Å². The lowest BCUT2D eigenvalue weighted by molar-refractivity contribution is 0.598. The van der Waals surface area contributed by atoms with Gasteiger partial charge >= 0.3 is 0 Å². The quantitative estimate of drug-likeness (QED) is 0.726. The van der Waals surface area contributed by atoms with Crippen LogP contribution in [0.5, 0.6) is 0 Å². The molecular weight excluding hydrogens is 270 g/mol. The molecule has 1 atom stereocenters. The molecule has 0 aromatic heterocycles. The predicted octanol–water partition coefficient (Wildman–Crippen LogP) is 1.22.